The Kier molecular flexibility index (Phi) is 6.23. The zero-order valence-corrected chi connectivity index (χ0v) is 16.2. The molecule has 0 saturated heterocycles. The Labute approximate surface area is 161 Å². The minimum Gasteiger partial charge on any atom is -0.353 e. The molecule has 1 aromatic heterocycles. The summed E-state index contributed by atoms with van der Waals surface area (Å²) in [6, 6.07) is 0.306. The molecule has 4 rings (SSSR count). The Hall–Kier alpha value is -1.14. The summed E-state index contributed by atoms with van der Waals surface area (Å²) in [7, 11) is 0. The van der Waals surface area contributed by atoms with E-state index in [2.05, 4.69) is 15.5 Å². The summed E-state index contributed by atoms with van der Waals surface area (Å²) in [4.78, 5) is 16.8. The van der Waals surface area contributed by atoms with Crippen molar-refractivity contribution in [1.82, 2.24) is 15.5 Å². The number of nitrogens with zero attached hydrogens (tertiary/aromatic N) is 2. The van der Waals surface area contributed by atoms with Gasteiger partial charge in [-0.1, -0.05) is 18.0 Å². The van der Waals surface area contributed by atoms with Gasteiger partial charge < -0.3 is 15.6 Å². The van der Waals surface area contributed by atoms with Gasteiger partial charge in [0.15, 0.2) is 5.82 Å². The fourth-order valence-electron chi connectivity index (χ4n) is 4.63. The van der Waals surface area contributed by atoms with Crippen LogP contribution in [0.25, 0.3) is 0 Å². The van der Waals surface area contributed by atoms with Crippen LogP contribution in [-0.2, 0) is 10.3 Å². The van der Waals surface area contributed by atoms with Crippen molar-refractivity contribution in [3.05, 3.63) is 11.7 Å². The molecule has 0 atom stereocenters. The summed E-state index contributed by atoms with van der Waals surface area (Å²) in [5.41, 5.74) is 5.92. The first-order valence-electron chi connectivity index (χ1n) is 10.0. The van der Waals surface area contributed by atoms with Crippen LogP contribution in [0.15, 0.2) is 4.52 Å². The van der Waals surface area contributed by atoms with Crippen LogP contribution in [-0.4, -0.2) is 22.1 Å². The smallest absolute Gasteiger partial charge is 0.229 e. The molecule has 3 aliphatic rings. The van der Waals surface area contributed by atoms with Crippen LogP contribution in [0.5, 0.6) is 0 Å². The van der Waals surface area contributed by atoms with E-state index in [4.69, 9.17) is 10.3 Å². The number of halogens is 1. The van der Waals surface area contributed by atoms with E-state index in [9.17, 15) is 4.79 Å². The lowest BCUT2D eigenvalue weighted by Gasteiger charge is -2.34. The van der Waals surface area contributed by atoms with E-state index in [0.717, 1.165) is 50.8 Å². The normalized spacial score (nSPS) is 28.2. The third kappa shape index (κ3) is 4.22. The number of nitrogens with one attached hydrogen (secondary N) is 1. The topological polar surface area (TPSA) is 94.0 Å². The monoisotopic (exact) mass is 382 g/mol. The highest BCUT2D eigenvalue weighted by Gasteiger charge is 2.39. The van der Waals surface area contributed by atoms with Gasteiger partial charge in [0.1, 0.15) is 0 Å². The molecule has 3 aliphatic carbocycles. The minimum atomic E-state index is -0.354. The summed E-state index contributed by atoms with van der Waals surface area (Å²) in [6.45, 7) is 0. The number of carbonyl (C=O) groups excluding carboxylic acids is 1. The lowest BCUT2D eigenvalue weighted by Crippen LogP contribution is -2.44. The van der Waals surface area contributed by atoms with Gasteiger partial charge in [0, 0.05) is 18.4 Å². The van der Waals surface area contributed by atoms with Gasteiger partial charge in [-0.2, -0.15) is 4.98 Å². The standard InChI is InChI=1S/C19H30N4O2.ClH/c20-19(10-3-11-19)18-22-17(25-23-18)14-6-8-15(9-7-14)21-16(24)12-13-4-1-2-5-13;/h13-15H,1-12,20H2,(H,21,24);1H. The maximum absolute atomic E-state index is 12.2. The Morgan fingerprint density at radius 3 is 2.42 bits per heavy atom. The van der Waals surface area contributed by atoms with E-state index < -0.39 is 0 Å². The minimum absolute atomic E-state index is 0. The van der Waals surface area contributed by atoms with Crippen molar-refractivity contribution in [2.75, 3.05) is 0 Å². The molecule has 0 radical (unpaired) electrons. The van der Waals surface area contributed by atoms with E-state index in [1.54, 1.807) is 0 Å². The quantitative estimate of drug-likeness (QED) is 0.812. The molecule has 1 heterocycles. The second-order valence-electron chi connectivity index (χ2n) is 8.44. The highest BCUT2D eigenvalue weighted by molar-refractivity contribution is 5.85. The zero-order valence-electron chi connectivity index (χ0n) is 15.4. The third-order valence-corrected chi connectivity index (χ3v) is 6.52. The van der Waals surface area contributed by atoms with Crippen molar-refractivity contribution in [2.24, 2.45) is 11.7 Å². The van der Waals surface area contributed by atoms with Gasteiger partial charge in [0.2, 0.25) is 11.8 Å². The molecule has 0 aliphatic heterocycles. The molecule has 3 N–H and O–H groups in total. The number of rotatable bonds is 5. The number of hydrogen-bond donors (Lipinski definition) is 2. The molecule has 3 saturated carbocycles. The Morgan fingerprint density at radius 1 is 1.12 bits per heavy atom. The Balaban J connectivity index is 0.00000196. The summed E-state index contributed by atoms with van der Waals surface area (Å²) in [5.74, 6) is 2.59. The molecular formula is C19H31ClN4O2. The second kappa shape index (κ2) is 8.26. The molecule has 26 heavy (non-hydrogen) atoms. The number of aromatic nitrogens is 2. The summed E-state index contributed by atoms with van der Waals surface area (Å²) in [6.07, 6.45) is 12.8. The molecule has 0 bridgehead atoms. The van der Waals surface area contributed by atoms with Crippen LogP contribution in [0.2, 0.25) is 0 Å². The van der Waals surface area contributed by atoms with E-state index in [0.29, 0.717) is 30.1 Å². The van der Waals surface area contributed by atoms with Gasteiger partial charge >= 0.3 is 0 Å². The van der Waals surface area contributed by atoms with Gasteiger partial charge in [-0.15, -0.1) is 12.4 Å². The fourth-order valence-corrected chi connectivity index (χ4v) is 4.63. The molecule has 146 valence electrons. The van der Waals surface area contributed by atoms with Crippen LogP contribution in [0, 0.1) is 5.92 Å². The molecule has 1 aromatic rings. The van der Waals surface area contributed by atoms with Crippen LogP contribution in [0.4, 0.5) is 0 Å². The first-order chi connectivity index (χ1) is 12.1. The number of nitrogens with two attached hydrogens (primary N) is 1. The van der Waals surface area contributed by atoms with Gasteiger partial charge in [-0.05, 0) is 63.7 Å². The van der Waals surface area contributed by atoms with Gasteiger partial charge in [0.05, 0.1) is 5.54 Å². The predicted molar refractivity (Wildman–Crippen MR) is 101 cm³/mol. The lowest BCUT2D eigenvalue weighted by atomic mass is 9.77. The van der Waals surface area contributed by atoms with Crippen LogP contribution in [0.1, 0.15) is 94.7 Å². The molecule has 3 fully saturated rings. The highest BCUT2D eigenvalue weighted by Crippen LogP contribution is 2.39. The largest absolute Gasteiger partial charge is 0.353 e. The Morgan fingerprint density at radius 2 is 1.81 bits per heavy atom. The number of carbonyl (C=O) groups is 1. The fraction of sp³-hybridized carbons (Fsp3) is 0.842. The molecule has 1 amide bonds. The Bertz CT molecular complexity index is 602. The first kappa shape index (κ1) is 19.6. The maximum Gasteiger partial charge on any atom is 0.229 e. The van der Waals surface area contributed by atoms with Crippen molar-refractivity contribution < 1.29 is 9.32 Å². The van der Waals surface area contributed by atoms with Crippen molar-refractivity contribution in [3.8, 4) is 0 Å². The summed E-state index contributed by atoms with van der Waals surface area (Å²) in [5, 5.41) is 7.37. The van der Waals surface area contributed by atoms with Crippen LogP contribution < -0.4 is 11.1 Å². The molecule has 6 nitrogen and oxygen atoms in total. The van der Waals surface area contributed by atoms with Gasteiger partial charge in [0.25, 0.3) is 0 Å². The summed E-state index contributed by atoms with van der Waals surface area (Å²) < 4.78 is 5.50. The number of amides is 1. The molecule has 0 aromatic carbocycles. The van der Waals surface area contributed by atoms with E-state index in [-0.39, 0.29) is 23.9 Å². The highest BCUT2D eigenvalue weighted by atomic mass is 35.5. The van der Waals surface area contributed by atoms with Crippen molar-refractivity contribution in [3.63, 3.8) is 0 Å². The van der Waals surface area contributed by atoms with Crippen molar-refractivity contribution in [2.45, 2.75) is 94.5 Å². The van der Waals surface area contributed by atoms with Crippen molar-refractivity contribution in [1.29, 1.82) is 0 Å². The van der Waals surface area contributed by atoms with Crippen LogP contribution >= 0.6 is 12.4 Å². The van der Waals surface area contributed by atoms with Crippen molar-refractivity contribution >= 4 is 18.3 Å². The summed E-state index contributed by atoms with van der Waals surface area (Å²) >= 11 is 0. The van der Waals surface area contributed by atoms with Crippen LogP contribution in [0.3, 0.4) is 0 Å². The zero-order chi connectivity index (χ0) is 17.3. The average Bonchev–Trinajstić information content (AvgIpc) is 3.25. The van der Waals surface area contributed by atoms with Gasteiger partial charge in [-0.3, -0.25) is 4.79 Å². The van der Waals surface area contributed by atoms with E-state index in [1.807, 2.05) is 0 Å². The van der Waals surface area contributed by atoms with E-state index in [1.165, 1.54) is 25.7 Å². The lowest BCUT2D eigenvalue weighted by molar-refractivity contribution is -0.122. The molecule has 7 heteroatoms. The first-order valence-corrected chi connectivity index (χ1v) is 10.0. The maximum atomic E-state index is 12.2. The van der Waals surface area contributed by atoms with Gasteiger partial charge in [-0.25, -0.2) is 0 Å². The average molecular weight is 383 g/mol. The number of hydrogen-bond acceptors (Lipinski definition) is 5. The third-order valence-electron chi connectivity index (χ3n) is 6.52. The molecule has 0 spiro atoms. The molecule has 0 unspecified atom stereocenters. The predicted octanol–water partition coefficient (Wildman–Crippen LogP) is 3.55. The SMILES string of the molecule is Cl.NC1(c2noc(C3CCC(NC(=O)CC4CCCC4)CC3)n2)CCC1. The second-order valence-corrected chi connectivity index (χ2v) is 8.44. The molecular weight excluding hydrogens is 352 g/mol. The van der Waals surface area contributed by atoms with E-state index >= 15 is 0 Å².